The van der Waals surface area contributed by atoms with Crippen molar-refractivity contribution in [1.29, 1.82) is 0 Å². The number of allylic oxidation sites excluding steroid dienone is 2. The number of rotatable bonds is 7. The first-order chi connectivity index (χ1) is 25.7. The molecule has 54 heavy (non-hydrogen) atoms. The number of ether oxygens (including phenoxy) is 2. The molecule has 3 fully saturated rings. The second kappa shape index (κ2) is 15.5. The molecule has 0 radical (unpaired) electrons. The van der Waals surface area contributed by atoms with E-state index in [4.69, 9.17) is 14.6 Å². The van der Waals surface area contributed by atoms with Gasteiger partial charge in [0.05, 0.1) is 25.0 Å². The first kappa shape index (κ1) is 38.9. The Kier molecular flexibility index (Phi) is 11.2. The van der Waals surface area contributed by atoms with Crippen LogP contribution in [-0.2, 0) is 35.6 Å². The number of fused-ring (bicyclic) bond motifs is 7. The van der Waals surface area contributed by atoms with E-state index in [1.54, 1.807) is 27.9 Å². The Hall–Kier alpha value is -4.80. The van der Waals surface area contributed by atoms with Crippen molar-refractivity contribution in [3.63, 3.8) is 0 Å². The Morgan fingerprint density at radius 2 is 1.91 bits per heavy atom. The summed E-state index contributed by atoms with van der Waals surface area (Å²) in [6, 6.07) is 2.79. The predicted molar refractivity (Wildman–Crippen MR) is 197 cm³/mol. The topological polar surface area (TPSA) is 204 Å². The summed E-state index contributed by atoms with van der Waals surface area (Å²) in [4.78, 5) is 58.1. The normalized spacial score (nSPS) is 27.3. The van der Waals surface area contributed by atoms with Gasteiger partial charge in [-0.25, -0.2) is 13.2 Å². The molecule has 5 atom stereocenters. The molecule has 2 saturated carbocycles. The van der Waals surface area contributed by atoms with E-state index in [1.165, 1.54) is 15.8 Å². The van der Waals surface area contributed by atoms with Gasteiger partial charge in [0.1, 0.15) is 23.4 Å². The number of hydrogen-bond donors (Lipinski definition) is 3. The van der Waals surface area contributed by atoms with Crippen LogP contribution in [0.4, 0.5) is 4.79 Å². The van der Waals surface area contributed by atoms with Crippen LogP contribution >= 0.6 is 0 Å². The van der Waals surface area contributed by atoms with Crippen molar-refractivity contribution < 1.29 is 37.1 Å². The molecule has 2 aliphatic carbocycles. The van der Waals surface area contributed by atoms with Crippen LogP contribution in [0.2, 0.25) is 0 Å². The minimum absolute atomic E-state index is 0.0174. The van der Waals surface area contributed by atoms with Crippen LogP contribution in [0.1, 0.15) is 83.7 Å². The van der Waals surface area contributed by atoms with Gasteiger partial charge in [-0.3, -0.25) is 19.1 Å². The van der Waals surface area contributed by atoms with Gasteiger partial charge in [0.25, 0.3) is 5.91 Å². The molecule has 292 valence electrons. The Labute approximate surface area is 315 Å². The van der Waals surface area contributed by atoms with Crippen molar-refractivity contribution in [3.05, 3.63) is 48.6 Å². The number of methoxy groups -OCH3 is 1. The number of benzene rings is 1. The zero-order chi connectivity index (χ0) is 38.8. The van der Waals surface area contributed by atoms with E-state index < -0.39 is 74.1 Å². The monoisotopic (exact) mass is 766 g/mol. The molecule has 1 aromatic carbocycles. The lowest BCUT2D eigenvalue weighted by molar-refractivity contribution is -0.142. The summed E-state index contributed by atoms with van der Waals surface area (Å²) < 4.78 is 38.5. The number of hydrogen-bond acceptors (Lipinski definition) is 11. The average molecular weight is 767 g/mol. The number of amides is 4. The van der Waals surface area contributed by atoms with Crippen molar-refractivity contribution in [2.45, 2.75) is 107 Å². The molecule has 0 unspecified atom stereocenters. The number of carbonyl (C=O) groups is 4. The summed E-state index contributed by atoms with van der Waals surface area (Å²) in [5.41, 5.74) is -0.626. The van der Waals surface area contributed by atoms with Gasteiger partial charge >= 0.3 is 6.09 Å². The second-order valence-electron chi connectivity index (χ2n) is 15.6. The molecule has 6 rings (SSSR count). The maximum Gasteiger partial charge on any atom is 0.407 e. The first-order valence-electron chi connectivity index (χ1n) is 18.5. The number of sulfonamides is 1. The van der Waals surface area contributed by atoms with E-state index in [-0.39, 0.29) is 26.0 Å². The maximum atomic E-state index is 14.5. The number of cyclic esters (lactones) is 1. The SMILES string of the molecule is C=C[C@@H]1C[C@]1(NC(=O)[C@@H]1C[C@@H]2CN1C(=O)[C@H](C(C)(C)C)NC(=O)OCCCC/C=C/CCc1cc(OC)ccc1-c1nnn2n1)C(=O)NS(=O)(=O)C1CC1. The van der Waals surface area contributed by atoms with E-state index in [2.05, 4.69) is 44.4 Å². The van der Waals surface area contributed by atoms with E-state index in [0.29, 0.717) is 37.3 Å². The quantitative estimate of drug-likeness (QED) is 0.350. The van der Waals surface area contributed by atoms with Crippen LogP contribution < -0.4 is 20.1 Å². The van der Waals surface area contributed by atoms with E-state index in [9.17, 15) is 27.6 Å². The fraction of sp³-hybridized carbons (Fsp3) is 0.595. The van der Waals surface area contributed by atoms with Crippen LogP contribution in [0.15, 0.2) is 43.0 Å². The number of alkyl carbamates (subject to hydrolysis) is 1. The summed E-state index contributed by atoms with van der Waals surface area (Å²) >= 11 is 0. The van der Waals surface area contributed by atoms with Gasteiger partial charge in [-0.1, -0.05) is 39.0 Å². The Bertz CT molecular complexity index is 1920. The fourth-order valence-corrected chi connectivity index (χ4v) is 8.44. The summed E-state index contributed by atoms with van der Waals surface area (Å²) in [6.45, 7) is 9.31. The van der Waals surface area contributed by atoms with Gasteiger partial charge < -0.3 is 25.0 Å². The number of tetrazole rings is 1. The van der Waals surface area contributed by atoms with Crippen molar-refractivity contribution in [3.8, 4) is 17.1 Å². The summed E-state index contributed by atoms with van der Waals surface area (Å²) in [5.74, 6) is -1.51. The molecular weight excluding hydrogens is 717 g/mol. The molecular formula is C37H50N8O8S. The van der Waals surface area contributed by atoms with Crippen LogP contribution in [0.3, 0.4) is 0 Å². The highest BCUT2D eigenvalue weighted by molar-refractivity contribution is 7.91. The standard InChI is InChI=1S/C37H50N8O8S/c1-6-24-21-37(24,34(48)42-54(50,51)27-15-16-27)39-32(46)29-20-25-22-44(29)33(47)30(36(2,3)4)38-35(49)53-18-12-10-8-7-9-11-13-23-19-26(52-5)14-17-28(23)31-40-43-45(25)41-31/h6-7,9,14,17,19,24-25,27,29-30H,1,8,10-13,15-16,18,20-22H2,2-5H3,(H,38,49)(H,39,46)(H,42,48)/b9-7+/t24-,25-,29+,30-,37-/m1/s1. The Morgan fingerprint density at radius 3 is 2.59 bits per heavy atom. The van der Waals surface area contributed by atoms with Gasteiger partial charge in [-0.15, -0.1) is 16.8 Å². The molecule has 4 bridgehead atoms. The van der Waals surface area contributed by atoms with Crippen molar-refractivity contribution in [2.24, 2.45) is 11.3 Å². The summed E-state index contributed by atoms with van der Waals surface area (Å²) in [7, 11) is -2.30. The van der Waals surface area contributed by atoms with Crippen molar-refractivity contribution in [1.82, 2.24) is 40.5 Å². The number of nitrogens with zero attached hydrogens (tertiary/aromatic N) is 5. The number of carbonyl (C=O) groups excluding carboxylic acids is 4. The molecule has 3 heterocycles. The molecule has 2 aliphatic heterocycles. The largest absolute Gasteiger partial charge is 0.497 e. The molecule has 0 spiro atoms. The zero-order valence-corrected chi connectivity index (χ0v) is 32.1. The minimum Gasteiger partial charge on any atom is -0.497 e. The van der Waals surface area contributed by atoms with Crippen LogP contribution in [0.5, 0.6) is 5.75 Å². The number of aryl methyl sites for hydroxylation is 1. The molecule has 1 saturated heterocycles. The predicted octanol–water partition coefficient (Wildman–Crippen LogP) is 2.97. The molecule has 17 heteroatoms. The van der Waals surface area contributed by atoms with Crippen LogP contribution in [-0.4, -0.2) is 100 Å². The second-order valence-corrected chi connectivity index (χ2v) is 17.6. The molecule has 1 aromatic heterocycles. The molecule has 4 aliphatic rings. The average Bonchev–Trinajstić information content (AvgIpc) is 4.01. The molecule has 3 N–H and O–H groups in total. The molecule has 16 nitrogen and oxygen atoms in total. The first-order valence-corrected chi connectivity index (χ1v) is 20.1. The zero-order valence-electron chi connectivity index (χ0n) is 31.2. The highest BCUT2D eigenvalue weighted by atomic mass is 32.2. The Balaban J connectivity index is 1.33. The van der Waals surface area contributed by atoms with Crippen molar-refractivity contribution in [2.75, 3.05) is 20.3 Å². The number of nitrogens with one attached hydrogen (secondary N) is 3. The summed E-state index contributed by atoms with van der Waals surface area (Å²) in [6.07, 6.45) is 9.76. The lowest BCUT2D eigenvalue weighted by Crippen LogP contribution is -2.60. The lowest BCUT2D eigenvalue weighted by atomic mass is 9.85. The van der Waals surface area contributed by atoms with E-state index in [0.717, 1.165) is 30.4 Å². The smallest absolute Gasteiger partial charge is 0.407 e. The van der Waals surface area contributed by atoms with Crippen LogP contribution in [0, 0.1) is 11.3 Å². The maximum absolute atomic E-state index is 14.5. The number of aromatic nitrogens is 4. The Morgan fingerprint density at radius 1 is 1.15 bits per heavy atom. The minimum atomic E-state index is -3.90. The third-order valence-corrected chi connectivity index (χ3v) is 12.4. The van der Waals surface area contributed by atoms with Gasteiger partial charge in [0.15, 0.2) is 0 Å². The lowest BCUT2D eigenvalue weighted by Gasteiger charge is -2.35. The molecule has 4 amide bonds. The fourth-order valence-electron chi connectivity index (χ4n) is 7.08. The van der Waals surface area contributed by atoms with Gasteiger partial charge in [-0.05, 0) is 85.8 Å². The van der Waals surface area contributed by atoms with Gasteiger partial charge in [0.2, 0.25) is 27.7 Å². The highest BCUT2D eigenvalue weighted by Gasteiger charge is 2.62. The third kappa shape index (κ3) is 8.45. The van der Waals surface area contributed by atoms with Crippen molar-refractivity contribution >= 4 is 33.8 Å². The van der Waals surface area contributed by atoms with Crippen LogP contribution in [0.25, 0.3) is 11.4 Å². The molecule has 2 aromatic rings. The highest BCUT2D eigenvalue weighted by Crippen LogP contribution is 2.46. The van der Waals surface area contributed by atoms with Gasteiger partial charge in [0, 0.05) is 24.4 Å². The van der Waals surface area contributed by atoms with E-state index >= 15 is 0 Å². The van der Waals surface area contributed by atoms with E-state index in [1.807, 2.05) is 18.2 Å². The summed E-state index contributed by atoms with van der Waals surface area (Å²) in [5, 5.41) is 18.3. The third-order valence-electron chi connectivity index (χ3n) is 10.5. The van der Waals surface area contributed by atoms with Gasteiger partial charge in [-0.2, -0.15) is 4.80 Å².